The van der Waals surface area contributed by atoms with Crippen molar-refractivity contribution in [3.05, 3.63) is 64.2 Å². The zero-order valence-electron chi connectivity index (χ0n) is 17.5. The fourth-order valence-electron chi connectivity index (χ4n) is 2.92. The second-order valence-corrected chi connectivity index (χ2v) is 6.93. The highest BCUT2D eigenvalue weighted by Gasteiger charge is 2.35. The minimum atomic E-state index is -1.21. The van der Waals surface area contributed by atoms with Gasteiger partial charge in [-0.2, -0.15) is 0 Å². The molecule has 1 atom stereocenters. The van der Waals surface area contributed by atoms with E-state index in [-0.39, 0.29) is 31.0 Å². The maximum absolute atomic E-state index is 12.4. The molecule has 0 amide bonds. The fourth-order valence-corrected chi connectivity index (χ4v) is 2.92. The summed E-state index contributed by atoms with van der Waals surface area (Å²) in [6, 6.07) is 10.4. The van der Waals surface area contributed by atoms with Crippen LogP contribution in [0.2, 0.25) is 0 Å². The first kappa shape index (κ1) is 22.0. The smallest absolute Gasteiger partial charge is 0.343 e. The Kier molecular flexibility index (Phi) is 6.71. The molecular weight excluding hydrogens is 404 g/mol. The predicted molar refractivity (Wildman–Crippen MR) is 111 cm³/mol. The first-order valence-electron chi connectivity index (χ1n) is 9.66. The third kappa shape index (κ3) is 4.92. The molecule has 10 nitrogen and oxygen atoms in total. The standard InChI is InChI=1S/C21H24N4O6/c1-4-30-19(27)16-12-23-25-17(26)10-14(24-18(16)25)11-22-21(2,20(28)29-3)13-31-15-8-6-5-7-9-15/h5-10,12,22-23H,4,11,13H2,1-3H3. The number of aromatic amines is 1. The van der Waals surface area contributed by atoms with Crippen LogP contribution in [0.4, 0.5) is 0 Å². The maximum atomic E-state index is 12.4. The van der Waals surface area contributed by atoms with Gasteiger partial charge in [-0.3, -0.25) is 15.2 Å². The van der Waals surface area contributed by atoms with Crippen LogP contribution in [0, 0.1) is 0 Å². The number of carbonyl (C=O) groups excluding carboxylic acids is 2. The zero-order chi connectivity index (χ0) is 22.4. The molecule has 3 aromatic rings. The van der Waals surface area contributed by atoms with E-state index in [1.54, 1.807) is 26.0 Å². The molecule has 0 saturated carbocycles. The highest BCUT2D eigenvalue weighted by atomic mass is 16.5. The van der Waals surface area contributed by atoms with Crippen molar-refractivity contribution in [2.45, 2.75) is 25.9 Å². The number of ether oxygens (including phenoxy) is 3. The zero-order valence-corrected chi connectivity index (χ0v) is 17.5. The lowest BCUT2D eigenvalue weighted by atomic mass is 10.0. The largest absolute Gasteiger partial charge is 0.491 e. The normalized spacial score (nSPS) is 12.9. The van der Waals surface area contributed by atoms with Gasteiger partial charge >= 0.3 is 11.9 Å². The molecule has 0 aliphatic heterocycles. The first-order valence-corrected chi connectivity index (χ1v) is 9.66. The van der Waals surface area contributed by atoms with Crippen molar-refractivity contribution in [3.8, 4) is 5.75 Å². The Morgan fingerprint density at radius 1 is 1.26 bits per heavy atom. The van der Waals surface area contributed by atoms with Crippen molar-refractivity contribution < 1.29 is 23.8 Å². The number of methoxy groups -OCH3 is 1. The quantitative estimate of drug-likeness (QED) is 0.489. The van der Waals surface area contributed by atoms with Gasteiger partial charge in [-0.15, -0.1) is 0 Å². The Morgan fingerprint density at radius 2 is 2.00 bits per heavy atom. The number of nitrogens with zero attached hydrogens (tertiary/aromatic N) is 2. The summed E-state index contributed by atoms with van der Waals surface area (Å²) < 4.78 is 16.8. The van der Waals surface area contributed by atoms with Gasteiger partial charge in [0, 0.05) is 18.8 Å². The van der Waals surface area contributed by atoms with E-state index < -0.39 is 23.0 Å². The van der Waals surface area contributed by atoms with Gasteiger partial charge in [-0.1, -0.05) is 18.2 Å². The van der Waals surface area contributed by atoms with Gasteiger partial charge < -0.3 is 14.2 Å². The lowest BCUT2D eigenvalue weighted by molar-refractivity contribution is -0.149. The molecule has 2 aromatic heterocycles. The van der Waals surface area contributed by atoms with Gasteiger partial charge in [0.25, 0.3) is 5.56 Å². The molecule has 0 fully saturated rings. The van der Waals surface area contributed by atoms with Crippen LogP contribution in [0.3, 0.4) is 0 Å². The molecule has 0 radical (unpaired) electrons. The van der Waals surface area contributed by atoms with Crippen LogP contribution in [0.15, 0.2) is 47.4 Å². The average Bonchev–Trinajstić information content (AvgIpc) is 3.21. The number of para-hydroxylation sites is 1. The molecule has 0 aliphatic rings. The topological polar surface area (TPSA) is 124 Å². The van der Waals surface area contributed by atoms with Gasteiger partial charge in [0.15, 0.2) is 5.65 Å². The van der Waals surface area contributed by atoms with E-state index in [4.69, 9.17) is 14.2 Å². The molecule has 0 spiro atoms. The maximum Gasteiger partial charge on any atom is 0.343 e. The second kappa shape index (κ2) is 9.43. The highest BCUT2D eigenvalue weighted by Crippen LogP contribution is 2.15. The van der Waals surface area contributed by atoms with Crippen LogP contribution in [0.5, 0.6) is 5.75 Å². The van der Waals surface area contributed by atoms with E-state index >= 15 is 0 Å². The molecule has 10 heteroatoms. The molecule has 31 heavy (non-hydrogen) atoms. The Hall–Kier alpha value is -3.66. The molecular formula is C21H24N4O6. The summed E-state index contributed by atoms with van der Waals surface area (Å²) >= 11 is 0. The molecule has 0 aliphatic carbocycles. The molecule has 1 aromatic carbocycles. The number of fused-ring (bicyclic) bond motifs is 1. The van der Waals surface area contributed by atoms with E-state index in [0.29, 0.717) is 11.4 Å². The molecule has 3 rings (SSSR count). The van der Waals surface area contributed by atoms with Crippen LogP contribution in [-0.2, 0) is 20.8 Å². The van der Waals surface area contributed by atoms with Crippen molar-refractivity contribution in [3.63, 3.8) is 0 Å². The minimum Gasteiger partial charge on any atom is -0.491 e. The third-order valence-electron chi connectivity index (χ3n) is 4.61. The van der Waals surface area contributed by atoms with Gasteiger partial charge in [-0.05, 0) is 26.0 Å². The van der Waals surface area contributed by atoms with Crippen LogP contribution >= 0.6 is 0 Å². The number of hydrogen-bond donors (Lipinski definition) is 2. The number of benzene rings is 1. The molecule has 2 N–H and O–H groups in total. The van der Waals surface area contributed by atoms with Crippen molar-refractivity contribution in [1.82, 2.24) is 19.9 Å². The van der Waals surface area contributed by atoms with Gasteiger partial charge in [0.2, 0.25) is 0 Å². The number of carbonyl (C=O) groups is 2. The van der Waals surface area contributed by atoms with Crippen LogP contribution in [-0.4, -0.2) is 52.4 Å². The molecule has 164 valence electrons. The molecule has 0 bridgehead atoms. The lowest BCUT2D eigenvalue weighted by Crippen LogP contribution is -2.54. The monoisotopic (exact) mass is 428 g/mol. The molecule has 0 saturated heterocycles. The van der Waals surface area contributed by atoms with Crippen molar-refractivity contribution in [1.29, 1.82) is 0 Å². The van der Waals surface area contributed by atoms with Gasteiger partial charge in [0.1, 0.15) is 23.5 Å². The van der Waals surface area contributed by atoms with Gasteiger partial charge in [0.05, 0.1) is 19.4 Å². The van der Waals surface area contributed by atoms with Crippen molar-refractivity contribution in [2.75, 3.05) is 20.3 Å². The molecule has 1 unspecified atom stereocenters. The van der Waals surface area contributed by atoms with Crippen LogP contribution in [0.25, 0.3) is 5.65 Å². The van der Waals surface area contributed by atoms with Crippen LogP contribution < -0.4 is 15.6 Å². The first-order chi connectivity index (χ1) is 14.9. The number of nitrogens with one attached hydrogen (secondary N) is 2. The Morgan fingerprint density at radius 3 is 2.68 bits per heavy atom. The summed E-state index contributed by atoms with van der Waals surface area (Å²) in [5, 5.41) is 5.74. The number of rotatable bonds is 9. The number of aromatic nitrogens is 3. The lowest BCUT2D eigenvalue weighted by Gasteiger charge is -2.27. The van der Waals surface area contributed by atoms with E-state index in [2.05, 4.69) is 15.4 Å². The fraction of sp³-hybridized carbons (Fsp3) is 0.333. The van der Waals surface area contributed by atoms with Gasteiger partial charge in [-0.25, -0.2) is 19.1 Å². The van der Waals surface area contributed by atoms with Crippen molar-refractivity contribution in [2.24, 2.45) is 0 Å². The summed E-state index contributed by atoms with van der Waals surface area (Å²) in [4.78, 5) is 41.3. The minimum absolute atomic E-state index is 0.0108. The predicted octanol–water partition coefficient (Wildman–Crippen LogP) is 1.30. The summed E-state index contributed by atoms with van der Waals surface area (Å²) in [6.07, 6.45) is 1.37. The summed E-state index contributed by atoms with van der Waals surface area (Å²) in [7, 11) is 1.28. The Balaban J connectivity index is 1.82. The van der Waals surface area contributed by atoms with E-state index in [1.807, 2.05) is 18.2 Å². The SMILES string of the molecule is CCOC(=O)c1c[nH]n2c(=O)cc(CNC(C)(COc3ccccc3)C(=O)OC)nc12. The highest BCUT2D eigenvalue weighted by molar-refractivity contribution is 5.95. The second-order valence-electron chi connectivity index (χ2n) is 6.93. The van der Waals surface area contributed by atoms with E-state index in [0.717, 1.165) is 4.52 Å². The van der Waals surface area contributed by atoms with E-state index in [9.17, 15) is 14.4 Å². The van der Waals surface area contributed by atoms with Crippen LogP contribution in [0.1, 0.15) is 29.9 Å². The number of H-pyrrole nitrogens is 1. The Labute approximate surface area is 178 Å². The summed E-state index contributed by atoms with van der Waals surface area (Å²) in [5.41, 5.74) is -0.992. The number of hydrogen-bond acceptors (Lipinski definition) is 8. The summed E-state index contributed by atoms with van der Waals surface area (Å²) in [6.45, 7) is 3.56. The van der Waals surface area contributed by atoms with E-state index in [1.165, 1.54) is 19.4 Å². The third-order valence-corrected chi connectivity index (χ3v) is 4.61. The van der Waals surface area contributed by atoms with Crippen molar-refractivity contribution >= 4 is 17.6 Å². The molecule has 2 heterocycles. The number of esters is 2. The Bertz CT molecular complexity index is 1120. The summed E-state index contributed by atoms with van der Waals surface area (Å²) in [5.74, 6) is -0.521. The average molecular weight is 428 g/mol.